The van der Waals surface area contributed by atoms with Crippen LogP contribution >= 0.6 is 0 Å². The van der Waals surface area contributed by atoms with Crippen molar-refractivity contribution in [1.29, 1.82) is 0 Å². The van der Waals surface area contributed by atoms with Crippen LogP contribution in [0.15, 0.2) is 18.3 Å². The van der Waals surface area contributed by atoms with Gasteiger partial charge in [-0.05, 0) is 25.0 Å². The number of rotatable bonds is 6. The molecule has 0 saturated heterocycles. The van der Waals surface area contributed by atoms with Crippen LogP contribution in [0.4, 0.5) is 0 Å². The van der Waals surface area contributed by atoms with Crippen LogP contribution in [0.1, 0.15) is 35.8 Å². The molecule has 0 aliphatic heterocycles. The molecule has 1 unspecified atom stereocenters. The molecule has 0 radical (unpaired) electrons. The summed E-state index contributed by atoms with van der Waals surface area (Å²) in [5, 5.41) is 11.4. The van der Waals surface area contributed by atoms with E-state index in [9.17, 15) is 9.59 Å². The third kappa shape index (κ3) is 4.92. The number of carbonyl (C=O) groups excluding carboxylic acids is 1. The highest BCUT2D eigenvalue weighted by molar-refractivity contribution is 5.85. The Labute approximate surface area is 105 Å². The zero-order valence-corrected chi connectivity index (χ0v) is 10.2. The number of hydrogen-bond donors (Lipinski definition) is 3. The Bertz CT molecular complexity index is 415. The van der Waals surface area contributed by atoms with E-state index in [2.05, 4.69) is 10.3 Å². The largest absolute Gasteiger partial charge is 0.477 e. The van der Waals surface area contributed by atoms with E-state index in [0.717, 1.165) is 5.56 Å². The van der Waals surface area contributed by atoms with Gasteiger partial charge in [0.15, 0.2) is 0 Å². The summed E-state index contributed by atoms with van der Waals surface area (Å²) < 4.78 is 0. The highest BCUT2D eigenvalue weighted by atomic mass is 16.4. The van der Waals surface area contributed by atoms with Crippen molar-refractivity contribution in [2.45, 2.75) is 32.4 Å². The number of hydrogen-bond acceptors (Lipinski definition) is 4. The molecule has 6 nitrogen and oxygen atoms in total. The molecule has 1 atom stereocenters. The van der Waals surface area contributed by atoms with Gasteiger partial charge in [0.25, 0.3) is 0 Å². The lowest BCUT2D eigenvalue weighted by molar-refractivity contribution is -0.121. The van der Waals surface area contributed by atoms with Crippen LogP contribution in [0, 0.1) is 0 Å². The zero-order chi connectivity index (χ0) is 13.5. The quantitative estimate of drug-likeness (QED) is 0.683. The summed E-state index contributed by atoms with van der Waals surface area (Å²) in [7, 11) is 0. The lowest BCUT2D eigenvalue weighted by Crippen LogP contribution is -2.25. The van der Waals surface area contributed by atoms with Crippen LogP contribution < -0.4 is 11.1 Å². The smallest absolute Gasteiger partial charge is 0.354 e. The second-order valence-corrected chi connectivity index (χ2v) is 4.15. The Morgan fingerprint density at radius 1 is 1.50 bits per heavy atom. The van der Waals surface area contributed by atoms with E-state index in [1.807, 2.05) is 6.92 Å². The van der Waals surface area contributed by atoms with Gasteiger partial charge in [-0.25, -0.2) is 9.78 Å². The van der Waals surface area contributed by atoms with E-state index in [4.69, 9.17) is 10.8 Å². The molecule has 0 saturated carbocycles. The SMILES string of the molecule is CC(N)CCC(=O)NCc1ccc(C(=O)O)nc1. The van der Waals surface area contributed by atoms with E-state index in [1.165, 1.54) is 12.3 Å². The Hall–Kier alpha value is -1.95. The molecule has 0 aromatic carbocycles. The molecule has 0 bridgehead atoms. The van der Waals surface area contributed by atoms with E-state index < -0.39 is 5.97 Å². The molecular weight excluding hydrogens is 234 g/mol. The fraction of sp³-hybridized carbons (Fsp3) is 0.417. The lowest BCUT2D eigenvalue weighted by atomic mass is 10.2. The third-order valence-corrected chi connectivity index (χ3v) is 2.36. The monoisotopic (exact) mass is 251 g/mol. The fourth-order valence-corrected chi connectivity index (χ4v) is 1.30. The number of nitrogens with two attached hydrogens (primary N) is 1. The average molecular weight is 251 g/mol. The van der Waals surface area contributed by atoms with Gasteiger partial charge in [-0.1, -0.05) is 6.07 Å². The van der Waals surface area contributed by atoms with Crippen LogP contribution in [-0.4, -0.2) is 28.0 Å². The Morgan fingerprint density at radius 3 is 2.72 bits per heavy atom. The van der Waals surface area contributed by atoms with E-state index in [1.54, 1.807) is 6.07 Å². The standard InChI is InChI=1S/C12H17N3O3/c1-8(13)2-5-11(16)15-7-9-3-4-10(12(17)18)14-6-9/h3-4,6,8H,2,5,7,13H2,1H3,(H,15,16)(H,17,18). The third-order valence-electron chi connectivity index (χ3n) is 2.36. The first-order chi connectivity index (χ1) is 8.49. The first-order valence-corrected chi connectivity index (χ1v) is 5.69. The van der Waals surface area contributed by atoms with Crippen LogP contribution in [0.2, 0.25) is 0 Å². The minimum absolute atomic E-state index is 0.00673. The Kier molecular flexibility index (Phi) is 5.26. The van der Waals surface area contributed by atoms with Crippen molar-refractivity contribution in [2.24, 2.45) is 5.73 Å². The summed E-state index contributed by atoms with van der Waals surface area (Å²) in [4.78, 5) is 25.8. The van der Waals surface area contributed by atoms with Gasteiger partial charge >= 0.3 is 5.97 Å². The molecule has 4 N–H and O–H groups in total. The fourth-order valence-electron chi connectivity index (χ4n) is 1.30. The summed E-state index contributed by atoms with van der Waals surface area (Å²) in [6, 6.07) is 3.04. The van der Waals surface area contributed by atoms with Crippen molar-refractivity contribution < 1.29 is 14.7 Å². The minimum atomic E-state index is -1.07. The average Bonchev–Trinajstić information content (AvgIpc) is 2.34. The van der Waals surface area contributed by atoms with Gasteiger partial charge in [0, 0.05) is 25.2 Å². The van der Waals surface area contributed by atoms with Gasteiger partial charge < -0.3 is 16.2 Å². The molecule has 1 aromatic rings. The van der Waals surface area contributed by atoms with Crippen molar-refractivity contribution in [2.75, 3.05) is 0 Å². The number of carbonyl (C=O) groups is 2. The second kappa shape index (κ2) is 6.70. The molecule has 1 rings (SSSR count). The molecule has 0 aliphatic carbocycles. The molecular formula is C12H17N3O3. The maximum absolute atomic E-state index is 11.4. The number of amides is 1. The van der Waals surface area contributed by atoms with Gasteiger partial charge in [0.1, 0.15) is 5.69 Å². The molecule has 1 heterocycles. The van der Waals surface area contributed by atoms with E-state index in [0.29, 0.717) is 19.4 Å². The lowest BCUT2D eigenvalue weighted by Gasteiger charge is -2.06. The summed E-state index contributed by atoms with van der Waals surface area (Å²) >= 11 is 0. The van der Waals surface area contributed by atoms with Crippen molar-refractivity contribution in [3.05, 3.63) is 29.6 Å². The topological polar surface area (TPSA) is 105 Å². The molecule has 1 aromatic heterocycles. The molecule has 0 aliphatic rings. The number of pyridine rings is 1. The Morgan fingerprint density at radius 2 is 2.22 bits per heavy atom. The highest BCUT2D eigenvalue weighted by Crippen LogP contribution is 2.01. The number of carboxylic acid groups (broad SMARTS) is 1. The van der Waals surface area contributed by atoms with Crippen molar-refractivity contribution >= 4 is 11.9 Å². The van der Waals surface area contributed by atoms with Gasteiger partial charge in [-0.3, -0.25) is 4.79 Å². The predicted molar refractivity (Wildman–Crippen MR) is 65.9 cm³/mol. The van der Waals surface area contributed by atoms with Gasteiger partial charge in [0.05, 0.1) is 0 Å². The van der Waals surface area contributed by atoms with Crippen LogP contribution in [-0.2, 0) is 11.3 Å². The van der Waals surface area contributed by atoms with Crippen molar-refractivity contribution in [3.8, 4) is 0 Å². The maximum atomic E-state index is 11.4. The molecule has 1 amide bonds. The Balaban J connectivity index is 2.39. The van der Waals surface area contributed by atoms with Crippen molar-refractivity contribution in [1.82, 2.24) is 10.3 Å². The second-order valence-electron chi connectivity index (χ2n) is 4.15. The molecule has 98 valence electrons. The van der Waals surface area contributed by atoms with Gasteiger partial charge in [0.2, 0.25) is 5.91 Å². The number of nitrogens with one attached hydrogen (secondary N) is 1. The molecule has 0 fully saturated rings. The van der Waals surface area contributed by atoms with Crippen LogP contribution in [0.3, 0.4) is 0 Å². The van der Waals surface area contributed by atoms with Gasteiger partial charge in [-0.2, -0.15) is 0 Å². The number of carboxylic acids is 1. The first kappa shape index (κ1) is 14.1. The molecule has 0 spiro atoms. The molecule has 18 heavy (non-hydrogen) atoms. The number of aromatic carboxylic acids is 1. The van der Waals surface area contributed by atoms with Crippen molar-refractivity contribution in [3.63, 3.8) is 0 Å². The van der Waals surface area contributed by atoms with E-state index >= 15 is 0 Å². The normalized spacial score (nSPS) is 11.9. The van der Waals surface area contributed by atoms with Gasteiger partial charge in [-0.15, -0.1) is 0 Å². The summed E-state index contributed by atoms with van der Waals surface area (Å²) in [5.74, 6) is -1.14. The van der Waals surface area contributed by atoms with Crippen LogP contribution in [0.25, 0.3) is 0 Å². The molecule has 6 heteroatoms. The summed E-state index contributed by atoms with van der Waals surface area (Å²) in [6.45, 7) is 2.19. The number of nitrogens with zero attached hydrogens (tertiary/aromatic N) is 1. The number of aromatic nitrogens is 1. The zero-order valence-electron chi connectivity index (χ0n) is 10.2. The summed E-state index contributed by atoms with van der Waals surface area (Å²) in [6.07, 6.45) is 2.47. The maximum Gasteiger partial charge on any atom is 0.354 e. The first-order valence-electron chi connectivity index (χ1n) is 5.69. The predicted octanol–water partition coefficient (Wildman–Crippen LogP) is 0.523. The van der Waals surface area contributed by atoms with Crippen LogP contribution in [0.5, 0.6) is 0 Å². The summed E-state index contributed by atoms with van der Waals surface area (Å²) in [5.41, 5.74) is 6.29. The minimum Gasteiger partial charge on any atom is -0.477 e. The highest BCUT2D eigenvalue weighted by Gasteiger charge is 2.05. The van der Waals surface area contributed by atoms with E-state index in [-0.39, 0.29) is 17.6 Å².